The number of hydrogen-bond donors (Lipinski definition) is 1. The first-order chi connectivity index (χ1) is 12.0. The second-order valence-electron chi connectivity index (χ2n) is 7.15. The summed E-state index contributed by atoms with van der Waals surface area (Å²) in [5, 5.41) is 8.49. The molecule has 1 fully saturated rings. The first kappa shape index (κ1) is 20.4. The zero-order valence-corrected chi connectivity index (χ0v) is 16.5. The molecule has 142 valence electrons. The Labute approximate surface area is 161 Å². The van der Waals surface area contributed by atoms with Gasteiger partial charge in [0.15, 0.2) is 0 Å². The van der Waals surface area contributed by atoms with Crippen molar-refractivity contribution in [2.45, 2.75) is 46.1 Å². The van der Waals surface area contributed by atoms with E-state index in [4.69, 9.17) is 5.73 Å². The Hall–Kier alpha value is -1.92. The zero-order chi connectivity index (χ0) is 18.0. The summed E-state index contributed by atoms with van der Waals surface area (Å²) >= 11 is 0. The third-order valence-electron chi connectivity index (χ3n) is 5.16. The Morgan fingerprint density at radius 2 is 1.96 bits per heavy atom. The second-order valence-corrected chi connectivity index (χ2v) is 7.15. The summed E-state index contributed by atoms with van der Waals surface area (Å²) in [5.74, 6) is 0.725. The number of likely N-dealkylation sites (tertiary alicyclic amines) is 1. The summed E-state index contributed by atoms with van der Waals surface area (Å²) in [6, 6.07) is 8.26. The van der Waals surface area contributed by atoms with Crippen molar-refractivity contribution in [1.29, 1.82) is 0 Å². The molecule has 2 unspecified atom stereocenters. The SMILES string of the molecule is Cc1ccc(-n2nnc(CC(=O)N3CCC(C)CC3CN)c2C)cc1.Cl. The number of aromatic nitrogens is 3. The average Bonchev–Trinajstić information content (AvgIpc) is 2.96. The number of hydrogen-bond acceptors (Lipinski definition) is 4. The van der Waals surface area contributed by atoms with Crippen molar-refractivity contribution in [1.82, 2.24) is 19.9 Å². The first-order valence-corrected chi connectivity index (χ1v) is 8.97. The number of rotatable bonds is 4. The minimum Gasteiger partial charge on any atom is -0.338 e. The van der Waals surface area contributed by atoms with E-state index in [1.54, 1.807) is 4.68 Å². The lowest BCUT2D eigenvalue weighted by Gasteiger charge is -2.38. The van der Waals surface area contributed by atoms with Crippen molar-refractivity contribution in [2.24, 2.45) is 11.7 Å². The topological polar surface area (TPSA) is 77.0 Å². The van der Waals surface area contributed by atoms with Crippen LogP contribution in [0.1, 0.15) is 36.7 Å². The maximum absolute atomic E-state index is 12.8. The Balaban J connectivity index is 0.00000243. The Bertz CT molecular complexity index is 743. The molecule has 1 aromatic carbocycles. The van der Waals surface area contributed by atoms with Crippen LogP contribution < -0.4 is 5.73 Å². The van der Waals surface area contributed by atoms with Crippen LogP contribution in [0.5, 0.6) is 0 Å². The summed E-state index contributed by atoms with van der Waals surface area (Å²) in [6.07, 6.45) is 2.30. The van der Waals surface area contributed by atoms with Gasteiger partial charge < -0.3 is 10.6 Å². The Morgan fingerprint density at radius 1 is 1.27 bits per heavy atom. The molecule has 1 saturated heterocycles. The predicted molar refractivity (Wildman–Crippen MR) is 105 cm³/mol. The van der Waals surface area contributed by atoms with Gasteiger partial charge in [0, 0.05) is 19.1 Å². The van der Waals surface area contributed by atoms with Gasteiger partial charge in [0.25, 0.3) is 0 Å². The highest BCUT2D eigenvalue weighted by atomic mass is 35.5. The van der Waals surface area contributed by atoms with Crippen LogP contribution in [0.3, 0.4) is 0 Å². The highest BCUT2D eigenvalue weighted by Crippen LogP contribution is 2.23. The maximum atomic E-state index is 12.8. The lowest BCUT2D eigenvalue weighted by molar-refractivity contribution is -0.134. The van der Waals surface area contributed by atoms with Gasteiger partial charge in [-0.3, -0.25) is 4.79 Å². The molecule has 0 aliphatic carbocycles. The third kappa shape index (κ3) is 4.24. The van der Waals surface area contributed by atoms with Crippen molar-refractivity contribution < 1.29 is 4.79 Å². The van der Waals surface area contributed by atoms with Gasteiger partial charge in [0.05, 0.1) is 23.5 Å². The molecule has 3 rings (SSSR count). The Morgan fingerprint density at radius 3 is 2.62 bits per heavy atom. The number of carbonyl (C=O) groups excluding carboxylic acids is 1. The lowest BCUT2D eigenvalue weighted by Crippen LogP contribution is -2.49. The van der Waals surface area contributed by atoms with E-state index in [1.807, 2.05) is 36.1 Å². The number of nitrogens with zero attached hydrogens (tertiary/aromatic N) is 4. The van der Waals surface area contributed by atoms with Crippen molar-refractivity contribution in [3.05, 3.63) is 41.2 Å². The maximum Gasteiger partial charge on any atom is 0.229 e. The van der Waals surface area contributed by atoms with Crippen LogP contribution in [-0.4, -0.2) is 44.9 Å². The van der Waals surface area contributed by atoms with Gasteiger partial charge in [0.1, 0.15) is 0 Å². The molecule has 0 spiro atoms. The van der Waals surface area contributed by atoms with E-state index in [0.717, 1.165) is 36.5 Å². The molecular formula is C19H28ClN5O. The van der Waals surface area contributed by atoms with Crippen molar-refractivity contribution >= 4 is 18.3 Å². The van der Waals surface area contributed by atoms with Crippen LogP contribution in [0.4, 0.5) is 0 Å². The van der Waals surface area contributed by atoms with Gasteiger partial charge in [-0.15, -0.1) is 17.5 Å². The summed E-state index contributed by atoms with van der Waals surface area (Å²) in [6.45, 7) is 7.54. The van der Waals surface area contributed by atoms with Crippen molar-refractivity contribution in [3.8, 4) is 5.69 Å². The molecule has 0 radical (unpaired) electrons. The normalized spacial score (nSPS) is 19.9. The van der Waals surface area contributed by atoms with Gasteiger partial charge in [-0.05, 0) is 44.7 Å². The fraction of sp³-hybridized carbons (Fsp3) is 0.526. The molecule has 6 nitrogen and oxygen atoms in total. The fourth-order valence-corrected chi connectivity index (χ4v) is 3.50. The number of halogens is 1. The highest BCUT2D eigenvalue weighted by Gasteiger charge is 2.29. The molecule has 2 N–H and O–H groups in total. The molecule has 0 bridgehead atoms. The molecule has 1 aromatic heterocycles. The fourth-order valence-electron chi connectivity index (χ4n) is 3.50. The van der Waals surface area contributed by atoms with Gasteiger partial charge >= 0.3 is 0 Å². The van der Waals surface area contributed by atoms with Crippen LogP contribution >= 0.6 is 12.4 Å². The lowest BCUT2D eigenvalue weighted by atomic mass is 9.92. The van der Waals surface area contributed by atoms with E-state index < -0.39 is 0 Å². The number of amides is 1. The van der Waals surface area contributed by atoms with Crippen molar-refractivity contribution in [3.63, 3.8) is 0 Å². The van der Waals surface area contributed by atoms with E-state index in [-0.39, 0.29) is 30.8 Å². The van der Waals surface area contributed by atoms with Crippen molar-refractivity contribution in [2.75, 3.05) is 13.1 Å². The largest absolute Gasteiger partial charge is 0.338 e. The molecule has 1 aliphatic rings. The van der Waals surface area contributed by atoms with Crippen LogP contribution in [0.2, 0.25) is 0 Å². The molecule has 2 aromatic rings. The summed E-state index contributed by atoms with van der Waals surface area (Å²) in [7, 11) is 0. The van der Waals surface area contributed by atoms with Crippen LogP contribution in [0.25, 0.3) is 5.69 Å². The summed E-state index contributed by atoms with van der Waals surface area (Å²) in [4.78, 5) is 14.7. The molecule has 1 aliphatic heterocycles. The molecule has 7 heteroatoms. The molecule has 2 atom stereocenters. The van der Waals surface area contributed by atoms with E-state index >= 15 is 0 Å². The standard InChI is InChI=1S/C19H27N5O.ClH/c1-13-4-6-16(7-5-13)24-15(3)18(21-22-24)11-19(25)23-9-8-14(2)10-17(23)12-20;/h4-7,14,17H,8-12,20H2,1-3H3;1H. The van der Waals surface area contributed by atoms with E-state index in [2.05, 4.69) is 24.2 Å². The smallest absolute Gasteiger partial charge is 0.229 e. The summed E-state index contributed by atoms with van der Waals surface area (Å²) < 4.78 is 1.79. The molecule has 2 heterocycles. The van der Waals surface area contributed by atoms with E-state index in [1.165, 1.54) is 5.56 Å². The van der Waals surface area contributed by atoms with Crippen LogP contribution in [0, 0.1) is 19.8 Å². The van der Waals surface area contributed by atoms with Gasteiger partial charge in [0.2, 0.25) is 5.91 Å². The van der Waals surface area contributed by atoms with E-state index in [9.17, 15) is 4.79 Å². The number of benzene rings is 1. The van der Waals surface area contributed by atoms with E-state index in [0.29, 0.717) is 12.5 Å². The predicted octanol–water partition coefficient (Wildman–Crippen LogP) is 2.43. The highest BCUT2D eigenvalue weighted by molar-refractivity contribution is 5.85. The van der Waals surface area contributed by atoms with Gasteiger partial charge in [-0.1, -0.05) is 29.8 Å². The number of carbonyl (C=O) groups is 1. The van der Waals surface area contributed by atoms with Gasteiger partial charge in [-0.25, -0.2) is 4.68 Å². The summed E-state index contributed by atoms with van der Waals surface area (Å²) in [5.41, 5.74) is 9.69. The molecule has 26 heavy (non-hydrogen) atoms. The monoisotopic (exact) mass is 377 g/mol. The second kappa shape index (κ2) is 8.64. The van der Waals surface area contributed by atoms with Crippen LogP contribution in [0.15, 0.2) is 24.3 Å². The Kier molecular flexibility index (Phi) is 6.78. The zero-order valence-electron chi connectivity index (χ0n) is 15.7. The minimum absolute atomic E-state index is 0. The number of aryl methyl sites for hydroxylation is 1. The molecule has 0 saturated carbocycles. The molecule has 1 amide bonds. The number of piperidine rings is 1. The van der Waals surface area contributed by atoms with Crippen LogP contribution in [-0.2, 0) is 11.2 Å². The van der Waals surface area contributed by atoms with Gasteiger partial charge in [-0.2, -0.15) is 0 Å². The number of nitrogens with two attached hydrogens (primary N) is 1. The third-order valence-corrected chi connectivity index (χ3v) is 5.16. The molecular weight excluding hydrogens is 350 g/mol. The minimum atomic E-state index is 0. The first-order valence-electron chi connectivity index (χ1n) is 8.97. The average molecular weight is 378 g/mol. The quantitative estimate of drug-likeness (QED) is 0.887.